The fourth-order valence-corrected chi connectivity index (χ4v) is 3.14. The SMILES string of the molecule is C[C@@H](CC(C)(C)S(N)=O)c1ccc(S(F)(F)(F)(F)F)cc1F. The molecule has 0 aliphatic carbocycles. The van der Waals surface area contributed by atoms with Crippen LogP contribution in [0.5, 0.6) is 0 Å². The lowest BCUT2D eigenvalue weighted by atomic mass is 9.91. The summed E-state index contributed by atoms with van der Waals surface area (Å²) in [5.74, 6) is -2.02. The lowest BCUT2D eigenvalue weighted by molar-refractivity contribution is 0.362. The summed E-state index contributed by atoms with van der Waals surface area (Å²) in [5, 5.41) is 5.29. The molecule has 0 heterocycles. The van der Waals surface area contributed by atoms with E-state index < -0.39 is 42.6 Å². The Kier molecular flexibility index (Phi) is 4.28. The van der Waals surface area contributed by atoms with E-state index in [0.29, 0.717) is 6.07 Å². The largest absolute Gasteiger partial charge is 0.310 e. The van der Waals surface area contributed by atoms with E-state index in [4.69, 9.17) is 5.14 Å². The van der Waals surface area contributed by atoms with Gasteiger partial charge in [0.2, 0.25) is 0 Å². The lowest BCUT2D eigenvalue weighted by Gasteiger charge is -2.40. The van der Waals surface area contributed by atoms with Crippen molar-refractivity contribution in [1.82, 2.24) is 0 Å². The second-order valence-corrected chi connectivity index (χ2v) is 9.92. The van der Waals surface area contributed by atoms with Gasteiger partial charge in [-0.05, 0) is 43.9 Å². The van der Waals surface area contributed by atoms with Crippen LogP contribution in [0.4, 0.5) is 23.8 Å². The Bertz CT molecular complexity index is 614. The topological polar surface area (TPSA) is 43.1 Å². The van der Waals surface area contributed by atoms with Crippen molar-refractivity contribution in [3.63, 3.8) is 0 Å². The van der Waals surface area contributed by atoms with Crippen molar-refractivity contribution in [3.05, 3.63) is 29.6 Å². The van der Waals surface area contributed by atoms with E-state index >= 15 is 0 Å². The molecule has 1 aromatic carbocycles. The van der Waals surface area contributed by atoms with Gasteiger partial charge in [0.1, 0.15) is 10.7 Å². The molecule has 2 nitrogen and oxygen atoms in total. The fraction of sp³-hybridized carbons (Fsp3) is 0.500. The predicted molar refractivity (Wildman–Crippen MR) is 77.2 cm³/mol. The third-order valence-corrected chi connectivity index (χ3v) is 5.69. The van der Waals surface area contributed by atoms with Crippen LogP contribution in [0, 0.1) is 5.82 Å². The van der Waals surface area contributed by atoms with Crippen LogP contribution in [0.3, 0.4) is 0 Å². The summed E-state index contributed by atoms with van der Waals surface area (Å²) < 4.78 is 87.3. The van der Waals surface area contributed by atoms with Gasteiger partial charge in [0.05, 0.1) is 15.7 Å². The summed E-state index contributed by atoms with van der Waals surface area (Å²) in [7, 11) is -11.6. The summed E-state index contributed by atoms with van der Waals surface area (Å²) in [5.41, 5.74) is -0.163. The normalized spacial score (nSPS) is 19.2. The molecule has 1 unspecified atom stereocenters. The third kappa shape index (κ3) is 4.63. The van der Waals surface area contributed by atoms with Gasteiger partial charge in [0.25, 0.3) is 0 Å². The average Bonchev–Trinajstić information content (AvgIpc) is 2.24. The van der Waals surface area contributed by atoms with Gasteiger partial charge in [-0.3, -0.25) is 5.14 Å². The van der Waals surface area contributed by atoms with Gasteiger partial charge in [0, 0.05) is 0 Å². The Hall–Kier alpha value is -0.740. The molecule has 1 aromatic rings. The fourth-order valence-electron chi connectivity index (χ4n) is 2.08. The molecule has 0 radical (unpaired) electrons. The number of benzene rings is 1. The molecule has 0 saturated heterocycles. The average molecular weight is 369 g/mol. The van der Waals surface area contributed by atoms with Gasteiger partial charge in [-0.15, -0.1) is 0 Å². The maximum Gasteiger partial charge on any atom is 0.310 e. The minimum Gasteiger partial charge on any atom is -0.251 e. The van der Waals surface area contributed by atoms with Crippen molar-refractivity contribution in [2.45, 2.75) is 42.8 Å². The first kappa shape index (κ1) is 19.3. The van der Waals surface area contributed by atoms with Gasteiger partial charge in [-0.25, -0.2) is 8.60 Å². The number of halogens is 6. The van der Waals surface area contributed by atoms with Crippen LogP contribution in [0.15, 0.2) is 23.1 Å². The molecule has 1 rings (SSSR count). The maximum atomic E-state index is 13.8. The van der Waals surface area contributed by atoms with E-state index in [2.05, 4.69) is 0 Å². The minimum atomic E-state index is -9.90. The van der Waals surface area contributed by atoms with Gasteiger partial charge >= 0.3 is 10.2 Å². The Balaban J connectivity index is 3.19. The lowest BCUT2D eigenvalue weighted by Crippen LogP contribution is -2.33. The Morgan fingerprint density at radius 3 is 2.09 bits per heavy atom. The molecule has 0 bridgehead atoms. The molecule has 0 aliphatic heterocycles. The van der Waals surface area contributed by atoms with Crippen LogP contribution in [0.2, 0.25) is 0 Å². The van der Waals surface area contributed by atoms with Crippen molar-refractivity contribution in [2.75, 3.05) is 0 Å². The molecular weight excluding hydrogens is 352 g/mol. The van der Waals surface area contributed by atoms with Crippen molar-refractivity contribution >= 4 is 21.2 Å². The van der Waals surface area contributed by atoms with Crippen LogP contribution < -0.4 is 5.14 Å². The first-order chi connectivity index (χ1) is 9.44. The van der Waals surface area contributed by atoms with E-state index in [9.17, 15) is 28.0 Å². The maximum absolute atomic E-state index is 13.8. The first-order valence-electron chi connectivity index (χ1n) is 6.14. The molecule has 2 N–H and O–H groups in total. The molecule has 10 heteroatoms. The molecule has 0 saturated carbocycles. The molecule has 0 fully saturated rings. The van der Waals surface area contributed by atoms with Crippen molar-refractivity contribution in [1.29, 1.82) is 0 Å². The molecule has 2 atom stereocenters. The number of hydrogen-bond acceptors (Lipinski definition) is 1. The van der Waals surface area contributed by atoms with Crippen molar-refractivity contribution in [2.24, 2.45) is 5.14 Å². The zero-order valence-electron chi connectivity index (χ0n) is 12.1. The highest BCUT2D eigenvalue weighted by atomic mass is 32.5. The van der Waals surface area contributed by atoms with Crippen molar-refractivity contribution < 1.29 is 28.0 Å². The van der Waals surface area contributed by atoms with Crippen LogP contribution in [0.1, 0.15) is 38.7 Å². The van der Waals surface area contributed by atoms with Crippen LogP contribution in [0.25, 0.3) is 0 Å². The summed E-state index contributed by atoms with van der Waals surface area (Å²) in [6.45, 7) is 4.60. The minimum absolute atomic E-state index is 0.114. The van der Waals surface area contributed by atoms with E-state index in [0.717, 1.165) is 0 Å². The van der Waals surface area contributed by atoms with E-state index in [1.165, 1.54) is 6.92 Å². The molecule has 22 heavy (non-hydrogen) atoms. The highest BCUT2D eigenvalue weighted by Crippen LogP contribution is 3.02. The molecule has 0 amide bonds. The van der Waals surface area contributed by atoms with Gasteiger partial charge < -0.3 is 0 Å². The van der Waals surface area contributed by atoms with Gasteiger partial charge in [0.15, 0.2) is 0 Å². The second-order valence-electron chi connectivity index (χ2n) is 5.81. The molecule has 130 valence electrons. The highest BCUT2D eigenvalue weighted by molar-refractivity contribution is 8.45. The van der Waals surface area contributed by atoms with E-state index in [1.807, 2.05) is 0 Å². The van der Waals surface area contributed by atoms with Gasteiger partial charge in [-0.1, -0.05) is 32.4 Å². The summed E-state index contributed by atoms with van der Waals surface area (Å²) >= 11 is 0. The van der Waals surface area contributed by atoms with Crippen molar-refractivity contribution in [3.8, 4) is 0 Å². The van der Waals surface area contributed by atoms with E-state index in [-0.39, 0.29) is 24.1 Å². The second kappa shape index (κ2) is 4.88. The Labute approximate surface area is 127 Å². The molecule has 0 spiro atoms. The highest BCUT2D eigenvalue weighted by Gasteiger charge is 2.65. The summed E-state index contributed by atoms with van der Waals surface area (Å²) in [6.07, 6.45) is 0.114. The monoisotopic (exact) mass is 369 g/mol. The zero-order chi connectivity index (χ0) is 17.6. The standard InChI is InChI=1S/C12H17F6NOS2/c1-8(7-12(2,3)21(19)20)10-5-4-9(6-11(10)13)22(14,15,16,17)18/h4-6,8H,7,19H2,1-3H3/t8-,21?/m0/s1. The predicted octanol–water partition coefficient (Wildman–Crippen LogP) is 5.38. The van der Waals surface area contributed by atoms with E-state index in [1.54, 1.807) is 13.8 Å². The summed E-state index contributed by atoms with van der Waals surface area (Å²) in [6, 6.07) is 0.658. The van der Waals surface area contributed by atoms with Gasteiger partial charge in [-0.2, -0.15) is 0 Å². The molecule has 0 aliphatic rings. The zero-order valence-corrected chi connectivity index (χ0v) is 13.7. The van der Waals surface area contributed by atoms with Crippen LogP contribution >= 0.6 is 10.2 Å². The Morgan fingerprint density at radius 1 is 1.23 bits per heavy atom. The number of hydrogen-bond donors (Lipinski definition) is 1. The smallest absolute Gasteiger partial charge is 0.251 e. The van der Waals surface area contributed by atoms with Crippen LogP contribution in [-0.4, -0.2) is 8.96 Å². The quantitative estimate of drug-likeness (QED) is 0.696. The third-order valence-electron chi connectivity index (χ3n) is 3.29. The van der Waals surface area contributed by atoms with Crippen LogP contribution in [-0.2, 0) is 11.0 Å². The number of rotatable bonds is 5. The number of nitrogens with two attached hydrogens (primary N) is 1. The summed E-state index contributed by atoms with van der Waals surface area (Å²) in [4.78, 5) is -2.27. The first-order valence-corrected chi connectivity index (χ1v) is 9.30. The molecule has 0 aromatic heterocycles. The Morgan fingerprint density at radius 2 is 1.73 bits per heavy atom. The molecular formula is C12H17F6NOS2.